The maximum Gasteiger partial charge on any atom is 0.123 e. The molecular formula is C14H18BrClO2. The third-order valence-corrected chi connectivity index (χ3v) is 3.98. The van der Waals surface area contributed by atoms with Gasteiger partial charge in [0.05, 0.1) is 11.7 Å². The molecule has 1 aliphatic heterocycles. The van der Waals surface area contributed by atoms with Gasteiger partial charge in [0.2, 0.25) is 0 Å². The summed E-state index contributed by atoms with van der Waals surface area (Å²) < 4.78 is 11.8. The van der Waals surface area contributed by atoms with Crippen LogP contribution in [-0.2, 0) is 10.1 Å². The molecule has 0 aliphatic carbocycles. The Morgan fingerprint density at radius 3 is 2.89 bits per heavy atom. The fourth-order valence-corrected chi connectivity index (χ4v) is 2.80. The van der Waals surface area contributed by atoms with Crippen LogP contribution in [0.3, 0.4) is 0 Å². The topological polar surface area (TPSA) is 18.5 Å². The van der Waals surface area contributed by atoms with E-state index < -0.39 is 0 Å². The molecule has 1 aromatic rings. The molecule has 1 heterocycles. The van der Waals surface area contributed by atoms with Crippen LogP contribution in [0.15, 0.2) is 18.2 Å². The molecule has 2 rings (SSSR count). The first-order valence-electron chi connectivity index (χ1n) is 6.15. The second kappa shape index (κ2) is 5.81. The van der Waals surface area contributed by atoms with E-state index in [1.807, 2.05) is 18.2 Å². The first-order valence-corrected chi connectivity index (χ1v) is 7.65. The predicted octanol–water partition coefficient (Wildman–Crippen LogP) is 4.57. The highest BCUT2D eigenvalue weighted by Crippen LogP contribution is 2.31. The Hall–Kier alpha value is -0.250. The Labute approximate surface area is 122 Å². The molecule has 0 aromatic heterocycles. The molecule has 4 heteroatoms. The number of alkyl halides is 1. The summed E-state index contributed by atoms with van der Waals surface area (Å²) >= 11 is 9.40. The van der Waals surface area contributed by atoms with Crippen LogP contribution < -0.4 is 4.74 Å². The van der Waals surface area contributed by atoms with Crippen molar-refractivity contribution in [3.63, 3.8) is 0 Å². The van der Waals surface area contributed by atoms with E-state index in [1.165, 1.54) is 0 Å². The zero-order valence-electron chi connectivity index (χ0n) is 10.7. The molecule has 0 N–H and O–H groups in total. The highest BCUT2D eigenvalue weighted by Gasteiger charge is 2.31. The summed E-state index contributed by atoms with van der Waals surface area (Å²) in [4.78, 5) is 0. The summed E-state index contributed by atoms with van der Waals surface area (Å²) in [5.74, 6) is 0.879. The minimum atomic E-state index is -0.00766. The van der Waals surface area contributed by atoms with Crippen molar-refractivity contribution >= 4 is 27.5 Å². The highest BCUT2D eigenvalue weighted by atomic mass is 79.9. The van der Waals surface area contributed by atoms with E-state index in [0.29, 0.717) is 6.61 Å². The van der Waals surface area contributed by atoms with Crippen LogP contribution >= 0.6 is 27.5 Å². The minimum Gasteiger partial charge on any atom is -0.491 e. The maximum atomic E-state index is 5.96. The highest BCUT2D eigenvalue weighted by molar-refractivity contribution is 9.08. The molecule has 1 saturated heterocycles. The monoisotopic (exact) mass is 332 g/mol. The largest absolute Gasteiger partial charge is 0.491 e. The quantitative estimate of drug-likeness (QED) is 0.751. The van der Waals surface area contributed by atoms with Crippen molar-refractivity contribution in [2.24, 2.45) is 0 Å². The molecule has 0 amide bonds. The Kier molecular flexibility index (Phi) is 4.57. The van der Waals surface area contributed by atoms with Crippen molar-refractivity contribution < 1.29 is 9.47 Å². The normalized spacial score (nSPS) is 22.1. The van der Waals surface area contributed by atoms with Gasteiger partial charge in [-0.2, -0.15) is 0 Å². The molecule has 0 saturated carbocycles. The van der Waals surface area contributed by atoms with Gasteiger partial charge >= 0.3 is 0 Å². The van der Waals surface area contributed by atoms with Gasteiger partial charge in [0.15, 0.2) is 0 Å². The third kappa shape index (κ3) is 3.62. The van der Waals surface area contributed by atoms with Crippen molar-refractivity contribution in [3.05, 3.63) is 28.8 Å². The first kappa shape index (κ1) is 14.2. The van der Waals surface area contributed by atoms with Gasteiger partial charge in [-0.3, -0.25) is 0 Å². The molecule has 0 spiro atoms. The van der Waals surface area contributed by atoms with Gasteiger partial charge in [0.25, 0.3) is 0 Å². The van der Waals surface area contributed by atoms with E-state index in [2.05, 4.69) is 29.8 Å². The molecule has 2 nitrogen and oxygen atoms in total. The van der Waals surface area contributed by atoms with Crippen LogP contribution in [0, 0.1) is 0 Å². The number of hydrogen-bond acceptors (Lipinski definition) is 2. The minimum absolute atomic E-state index is 0.00766. The van der Waals surface area contributed by atoms with E-state index in [4.69, 9.17) is 21.1 Å². The van der Waals surface area contributed by atoms with Crippen molar-refractivity contribution in [1.82, 2.24) is 0 Å². The van der Waals surface area contributed by atoms with Crippen LogP contribution in [0.25, 0.3) is 0 Å². The average molecular weight is 334 g/mol. The first-order chi connectivity index (χ1) is 8.50. The van der Waals surface area contributed by atoms with E-state index in [1.54, 1.807) is 0 Å². The van der Waals surface area contributed by atoms with Crippen molar-refractivity contribution in [1.29, 1.82) is 0 Å². The van der Waals surface area contributed by atoms with Crippen molar-refractivity contribution in [2.45, 2.75) is 43.7 Å². The van der Waals surface area contributed by atoms with Crippen LogP contribution in [0.5, 0.6) is 5.75 Å². The molecule has 1 unspecified atom stereocenters. The lowest BCUT2D eigenvalue weighted by Crippen LogP contribution is -2.24. The molecule has 18 heavy (non-hydrogen) atoms. The molecule has 1 aliphatic rings. The smallest absolute Gasteiger partial charge is 0.123 e. The summed E-state index contributed by atoms with van der Waals surface area (Å²) in [6.45, 7) is 4.85. The number of rotatable bonds is 4. The van der Waals surface area contributed by atoms with Crippen LogP contribution in [0.1, 0.15) is 32.3 Å². The fourth-order valence-electron chi connectivity index (χ4n) is 2.17. The zero-order valence-corrected chi connectivity index (χ0v) is 13.1. The van der Waals surface area contributed by atoms with Gasteiger partial charge in [-0.1, -0.05) is 27.5 Å². The maximum absolute atomic E-state index is 5.96. The van der Waals surface area contributed by atoms with Gasteiger partial charge in [0.1, 0.15) is 12.4 Å². The molecule has 1 atom stereocenters. The van der Waals surface area contributed by atoms with E-state index >= 15 is 0 Å². The molecular weight excluding hydrogens is 316 g/mol. The Bertz CT molecular complexity index is 420. The predicted molar refractivity (Wildman–Crippen MR) is 77.8 cm³/mol. The Morgan fingerprint density at radius 1 is 1.50 bits per heavy atom. The lowest BCUT2D eigenvalue weighted by atomic mass is 10.1. The molecule has 0 bridgehead atoms. The molecule has 0 radical (unpaired) electrons. The van der Waals surface area contributed by atoms with Gasteiger partial charge in [-0.05, 0) is 44.9 Å². The molecule has 1 fully saturated rings. The van der Waals surface area contributed by atoms with Gasteiger partial charge in [-0.25, -0.2) is 0 Å². The van der Waals surface area contributed by atoms with Crippen molar-refractivity contribution in [3.8, 4) is 5.75 Å². The van der Waals surface area contributed by atoms with E-state index in [0.717, 1.165) is 34.5 Å². The molecule has 1 aromatic carbocycles. The summed E-state index contributed by atoms with van der Waals surface area (Å²) in [5.41, 5.74) is 1.06. The number of benzene rings is 1. The number of hydrogen-bond donors (Lipinski definition) is 0. The summed E-state index contributed by atoms with van der Waals surface area (Å²) in [7, 11) is 0. The van der Waals surface area contributed by atoms with Crippen LogP contribution in [-0.4, -0.2) is 18.3 Å². The summed E-state index contributed by atoms with van der Waals surface area (Å²) in [5, 5.41) is 1.47. The second-order valence-corrected chi connectivity index (χ2v) is 6.23. The number of ether oxygens (including phenoxy) is 2. The van der Waals surface area contributed by atoms with Crippen molar-refractivity contribution in [2.75, 3.05) is 6.61 Å². The zero-order chi connectivity index (χ0) is 13.2. The van der Waals surface area contributed by atoms with Crippen LogP contribution in [0.2, 0.25) is 5.02 Å². The van der Waals surface area contributed by atoms with Gasteiger partial charge in [0, 0.05) is 15.9 Å². The number of halogens is 2. The summed E-state index contributed by atoms with van der Waals surface area (Å²) in [6.07, 6.45) is 2.34. The van der Waals surface area contributed by atoms with Gasteiger partial charge < -0.3 is 9.47 Å². The Balaban J connectivity index is 1.94. The molecule has 100 valence electrons. The standard InChI is InChI=1S/C14H18BrClO2/c1-14(2)6-5-12(18-14)9-17-13-4-3-11(16)7-10(13)8-15/h3-4,7,12H,5-6,8-9H2,1-2H3. The summed E-state index contributed by atoms with van der Waals surface area (Å²) in [6, 6.07) is 5.69. The lowest BCUT2D eigenvalue weighted by Gasteiger charge is -2.20. The van der Waals surface area contributed by atoms with Gasteiger partial charge in [-0.15, -0.1) is 0 Å². The van der Waals surface area contributed by atoms with E-state index in [9.17, 15) is 0 Å². The average Bonchev–Trinajstić information content (AvgIpc) is 2.67. The lowest BCUT2D eigenvalue weighted by molar-refractivity contribution is -0.0327. The van der Waals surface area contributed by atoms with E-state index in [-0.39, 0.29) is 11.7 Å². The third-order valence-electron chi connectivity index (χ3n) is 3.15. The fraction of sp³-hybridized carbons (Fsp3) is 0.571. The Morgan fingerprint density at radius 2 is 2.28 bits per heavy atom. The van der Waals surface area contributed by atoms with Crippen LogP contribution in [0.4, 0.5) is 0 Å². The SMILES string of the molecule is CC1(C)CCC(COc2ccc(Cl)cc2CBr)O1. The second-order valence-electron chi connectivity index (χ2n) is 5.23.